The third kappa shape index (κ3) is 2.41. The van der Waals surface area contributed by atoms with E-state index in [-0.39, 0.29) is 5.91 Å². The summed E-state index contributed by atoms with van der Waals surface area (Å²) in [5, 5.41) is 15.9. The van der Waals surface area contributed by atoms with Crippen molar-refractivity contribution in [3.8, 4) is 0 Å². The molecule has 0 radical (unpaired) electrons. The van der Waals surface area contributed by atoms with E-state index >= 15 is 0 Å². The van der Waals surface area contributed by atoms with Crippen LogP contribution in [0.15, 0.2) is 35.0 Å². The fourth-order valence-corrected chi connectivity index (χ4v) is 1.68. The fraction of sp³-hybridized carbons (Fsp3) is 0.231. The summed E-state index contributed by atoms with van der Waals surface area (Å²) in [5.74, 6) is 0.156. The number of aliphatic hydroxyl groups is 1. The number of aryl methyl sites for hydroxylation is 1. The monoisotopic (exact) mass is 246 g/mol. The van der Waals surface area contributed by atoms with Gasteiger partial charge in [-0.3, -0.25) is 4.79 Å². The van der Waals surface area contributed by atoms with Gasteiger partial charge in [0.05, 0.1) is 12.3 Å². The van der Waals surface area contributed by atoms with Crippen LogP contribution < -0.4 is 5.32 Å². The highest BCUT2D eigenvalue weighted by Crippen LogP contribution is 2.23. The third-order valence-corrected chi connectivity index (χ3v) is 2.65. The second-order valence-electron chi connectivity index (χ2n) is 4.01. The molecule has 5 heteroatoms. The number of nitrogens with zero attached hydrogens (tertiary/aromatic N) is 1. The Balaban J connectivity index is 2.25. The van der Waals surface area contributed by atoms with Gasteiger partial charge in [0.2, 0.25) is 0 Å². The van der Waals surface area contributed by atoms with Gasteiger partial charge in [-0.05, 0) is 19.9 Å². The maximum absolute atomic E-state index is 12.0. The summed E-state index contributed by atoms with van der Waals surface area (Å²) in [5.41, 5.74) is 1.63. The summed E-state index contributed by atoms with van der Waals surface area (Å²) in [6.45, 7) is 3.32. The molecule has 0 saturated heterocycles. The van der Waals surface area contributed by atoms with Crippen LogP contribution in [0.25, 0.3) is 0 Å². The molecule has 0 spiro atoms. The van der Waals surface area contributed by atoms with Crippen LogP contribution in [0, 0.1) is 6.92 Å². The summed E-state index contributed by atoms with van der Waals surface area (Å²) in [6, 6.07) is 7.11. The SMILES string of the molecule is Cc1oncc1C(=O)Nc1ccccc1C(C)O. The molecule has 18 heavy (non-hydrogen) atoms. The number of carbonyl (C=O) groups is 1. The molecule has 1 aromatic carbocycles. The number of amides is 1. The lowest BCUT2D eigenvalue weighted by Crippen LogP contribution is -2.14. The Morgan fingerprint density at radius 2 is 2.17 bits per heavy atom. The summed E-state index contributed by atoms with van der Waals surface area (Å²) in [6.07, 6.45) is 0.723. The number of para-hydroxylation sites is 1. The van der Waals surface area contributed by atoms with Crippen molar-refractivity contribution in [2.24, 2.45) is 0 Å². The molecule has 1 atom stereocenters. The average molecular weight is 246 g/mol. The molecule has 0 fully saturated rings. The Morgan fingerprint density at radius 1 is 1.44 bits per heavy atom. The number of anilines is 1. The quantitative estimate of drug-likeness (QED) is 0.871. The second-order valence-corrected chi connectivity index (χ2v) is 4.01. The molecule has 1 heterocycles. The molecule has 1 amide bonds. The Morgan fingerprint density at radius 3 is 2.78 bits per heavy atom. The molecule has 2 N–H and O–H groups in total. The average Bonchev–Trinajstić information content (AvgIpc) is 2.76. The molecule has 0 aliphatic rings. The highest BCUT2D eigenvalue weighted by Gasteiger charge is 2.15. The van der Waals surface area contributed by atoms with E-state index in [0.29, 0.717) is 22.6 Å². The number of aromatic nitrogens is 1. The molecule has 0 saturated carbocycles. The molecule has 0 bridgehead atoms. The van der Waals surface area contributed by atoms with Crippen LogP contribution in [0.3, 0.4) is 0 Å². The zero-order valence-electron chi connectivity index (χ0n) is 10.2. The molecule has 1 unspecified atom stereocenters. The molecule has 0 aliphatic heterocycles. The molecule has 94 valence electrons. The van der Waals surface area contributed by atoms with Crippen LogP contribution in [0.1, 0.15) is 34.7 Å². The Labute approximate surface area is 104 Å². The fourth-order valence-electron chi connectivity index (χ4n) is 1.68. The molecule has 1 aromatic heterocycles. The standard InChI is InChI=1S/C13H14N2O3/c1-8(16)10-5-3-4-6-12(10)15-13(17)11-7-14-18-9(11)2/h3-8,16H,1-2H3,(H,15,17). The van der Waals surface area contributed by atoms with E-state index in [0.717, 1.165) is 0 Å². The second kappa shape index (κ2) is 5.01. The predicted octanol–water partition coefficient (Wildman–Crippen LogP) is 2.29. The van der Waals surface area contributed by atoms with Crippen LogP contribution in [-0.4, -0.2) is 16.2 Å². The van der Waals surface area contributed by atoms with E-state index < -0.39 is 6.10 Å². The Bertz CT molecular complexity index is 561. The molecule has 2 aromatic rings. The van der Waals surface area contributed by atoms with Crippen LogP contribution >= 0.6 is 0 Å². The number of rotatable bonds is 3. The van der Waals surface area contributed by atoms with Crippen molar-refractivity contribution in [1.29, 1.82) is 0 Å². The summed E-state index contributed by atoms with van der Waals surface area (Å²) in [4.78, 5) is 12.0. The number of benzene rings is 1. The largest absolute Gasteiger partial charge is 0.389 e. The van der Waals surface area contributed by atoms with Gasteiger partial charge in [0.25, 0.3) is 5.91 Å². The minimum absolute atomic E-state index is 0.304. The van der Waals surface area contributed by atoms with Crippen LogP contribution in [-0.2, 0) is 0 Å². The minimum Gasteiger partial charge on any atom is -0.389 e. The van der Waals surface area contributed by atoms with Crippen LogP contribution in [0.2, 0.25) is 0 Å². The minimum atomic E-state index is -0.648. The summed E-state index contributed by atoms with van der Waals surface area (Å²) >= 11 is 0. The van der Waals surface area contributed by atoms with Crippen molar-refractivity contribution in [3.63, 3.8) is 0 Å². The zero-order valence-corrected chi connectivity index (χ0v) is 10.2. The van der Waals surface area contributed by atoms with Gasteiger partial charge in [0, 0.05) is 11.3 Å². The van der Waals surface area contributed by atoms with E-state index in [4.69, 9.17) is 4.52 Å². The van der Waals surface area contributed by atoms with Gasteiger partial charge in [0.15, 0.2) is 0 Å². The zero-order chi connectivity index (χ0) is 13.1. The first-order valence-corrected chi connectivity index (χ1v) is 5.59. The first-order chi connectivity index (χ1) is 8.59. The summed E-state index contributed by atoms with van der Waals surface area (Å²) in [7, 11) is 0. The van der Waals surface area contributed by atoms with E-state index in [1.165, 1.54) is 6.20 Å². The molecule has 5 nitrogen and oxygen atoms in total. The highest BCUT2D eigenvalue weighted by atomic mass is 16.5. The molecule has 2 rings (SSSR count). The lowest BCUT2D eigenvalue weighted by molar-refractivity contribution is 0.102. The molecular formula is C13H14N2O3. The van der Waals surface area contributed by atoms with Crippen molar-refractivity contribution in [1.82, 2.24) is 5.16 Å². The highest BCUT2D eigenvalue weighted by molar-refractivity contribution is 6.05. The predicted molar refractivity (Wildman–Crippen MR) is 66.3 cm³/mol. The lowest BCUT2D eigenvalue weighted by atomic mass is 10.1. The smallest absolute Gasteiger partial charge is 0.260 e. The lowest BCUT2D eigenvalue weighted by Gasteiger charge is -2.12. The van der Waals surface area contributed by atoms with Crippen molar-refractivity contribution < 1.29 is 14.4 Å². The maximum atomic E-state index is 12.0. The molecule has 0 aliphatic carbocycles. The molecular weight excluding hydrogens is 232 g/mol. The first kappa shape index (κ1) is 12.3. The van der Waals surface area contributed by atoms with Crippen molar-refractivity contribution in [3.05, 3.63) is 47.3 Å². The van der Waals surface area contributed by atoms with Crippen molar-refractivity contribution >= 4 is 11.6 Å². The van der Waals surface area contributed by atoms with Gasteiger partial charge >= 0.3 is 0 Å². The van der Waals surface area contributed by atoms with E-state index in [2.05, 4.69) is 10.5 Å². The van der Waals surface area contributed by atoms with E-state index in [1.54, 1.807) is 32.0 Å². The normalized spacial score (nSPS) is 12.2. The van der Waals surface area contributed by atoms with Gasteiger partial charge in [0.1, 0.15) is 11.3 Å². The Hall–Kier alpha value is -2.14. The van der Waals surface area contributed by atoms with Gasteiger partial charge in [-0.2, -0.15) is 0 Å². The van der Waals surface area contributed by atoms with Gasteiger partial charge in [-0.15, -0.1) is 0 Å². The summed E-state index contributed by atoms with van der Waals surface area (Å²) < 4.78 is 4.84. The first-order valence-electron chi connectivity index (χ1n) is 5.59. The van der Waals surface area contributed by atoms with E-state index in [1.807, 2.05) is 6.07 Å². The van der Waals surface area contributed by atoms with Crippen molar-refractivity contribution in [2.45, 2.75) is 20.0 Å². The van der Waals surface area contributed by atoms with Gasteiger partial charge in [-0.25, -0.2) is 0 Å². The number of carbonyl (C=O) groups excluding carboxylic acids is 1. The number of aliphatic hydroxyl groups excluding tert-OH is 1. The number of nitrogens with one attached hydrogen (secondary N) is 1. The van der Waals surface area contributed by atoms with Gasteiger partial charge < -0.3 is 14.9 Å². The van der Waals surface area contributed by atoms with Crippen LogP contribution in [0.4, 0.5) is 5.69 Å². The van der Waals surface area contributed by atoms with Crippen molar-refractivity contribution in [2.75, 3.05) is 5.32 Å². The van der Waals surface area contributed by atoms with Crippen LogP contribution in [0.5, 0.6) is 0 Å². The number of hydrogen-bond donors (Lipinski definition) is 2. The van der Waals surface area contributed by atoms with Gasteiger partial charge in [-0.1, -0.05) is 23.4 Å². The third-order valence-electron chi connectivity index (χ3n) is 2.65. The Kier molecular flexibility index (Phi) is 3.43. The topological polar surface area (TPSA) is 75.4 Å². The van der Waals surface area contributed by atoms with E-state index in [9.17, 15) is 9.90 Å². The maximum Gasteiger partial charge on any atom is 0.260 e. The number of hydrogen-bond acceptors (Lipinski definition) is 4.